The molecule has 22 heavy (non-hydrogen) atoms. The van der Waals surface area contributed by atoms with Crippen LogP contribution in [0, 0.1) is 0 Å². The first-order valence-electron chi connectivity index (χ1n) is 8.06. The third kappa shape index (κ3) is 2.01. The Bertz CT molecular complexity index is 664. The quantitative estimate of drug-likeness (QED) is 0.810. The zero-order valence-electron chi connectivity index (χ0n) is 12.6. The molecule has 2 aromatic rings. The van der Waals surface area contributed by atoms with Crippen LogP contribution in [-0.2, 0) is 21.1 Å². The molecule has 0 amide bonds. The van der Waals surface area contributed by atoms with E-state index in [4.69, 9.17) is 15.5 Å². The molecule has 1 aliphatic heterocycles. The zero-order chi connectivity index (χ0) is 15.0. The van der Waals surface area contributed by atoms with E-state index in [9.17, 15) is 0 Å². The number of nitrogens with two attached hydrogens (primary N) is 1. The molecule has 2 aliphatic rings. The Hall–Kier alpha value is -1.68. The van der Waals surface area contributed by atoms with Crippen LogP contribution >= 0.6 is 0 Å². The van der Waals surface area contributed by atoms with Crippen molar-refractivity contribution in [2.24, 2.45) is 5.73 Å². The highest BCUT2D eigenvalue weighted by atomic mass is 17.2. The highest BCUT2D eigenvalue weighted by molar-refractivity contribution is 5.44. The Balaban J connectivity index is 1.86. The third-order valence-corrected chi connectivity index (χ3v) is 5.01. The van der Waals surface area contributed by atoms with E-state index in [-0.39, 0.29) is 5.60 Å². The minimum Gasteiger partial charge on any atom is -0.293 e. The molecule has 2 N–H and O–H groups in total. The summed E-state index contributed by atoms with van der Waals surface area (Å²) < 4.78 is 0. The Kier molecular flexibility index (Phi) is 3.30. The second-order valence-corrected chi connectivity index (χ2v) is 6.37. The molecule has 3 nitrogen and oxygen atoms in total. The van der Waals surface area contributed by atoms with E-state index < -0.39 is 5.72 Å². The molecule has 1 atom stereocenters. The van der Waals surface area contributed by atoms with Crippen LogP contribution in [0.3, 0.4) is 0 Å². The molecular weight excluding hydrogens is 274 g/mol. The van der Waals surface area contributed by atoms with Crippen molar-refractivity contribution in [2.75, 3.05) is 0 Å². The van der Waals surface area contributed by atoms with Crippen LogP contribution in [-0.4, -0.2) is 0 Å². The van der Waals surface area contributed by atoms with E-state index in [0.717, 1.165) is 24.0 Å². The second kappa shape index (κ2) is 5.20. The molecule has 1 heterocycles. The van der Waals surface area contributed by atoms with Crippen molar-refractivity contribution >= 4 is 0 Å². The van der Waals surface area contributed by atoms with Crippen molar-refractivity contribution in [2.45, 2.75) is 43.4 Å². The fraction of sp³-hybridized carbons (Fsp3) is 0.368. The van der Waals surface area contributed by atoms with Gasteiger partial charge in [-0.15, -0.1) is 0 Å². The molecule has 1 fully saturated rings. The van der Waals surface area contributed by atoms with Crippen LogP contribution < -0.4 is 5.73 Å². The van der Waals surface area contributed by atoms with Gasteiger partial charge in [0.1, 0.15) is 5.60 Å². The lowest BCUT2D eigenvalue weighted by atomic mass is 9.75. The summed E-state index contributed by atoms with van der Waals surface area (Å²) in [5.74, 6) is 0. The second-order valence-electron chi connectivity index (χ2n) is 6.37. The minimum absolute atomic E-state index is 0.327. The zero-order valence-corrected chi connectivity index (χ0v) is 12.6. The van der Waals surface area contributed by atoms with Crippen molar-refractivity contribution in [3.8, 4) is 0 Å². The molecule has 0 bridgehead atoms. The summed E-state index contributed by atoms with van der Waals surface area (Å²) in [4.78, 5) is 11.8. The summed E-state index contributed by atoms with van der Waals surface area (Å²) in [7, 11) is 0. The molecule has 3 heteroatoms. The molecule has 1 unspecified atom stereocenters. The maximum atomic E-state index is 6.63. The Morgan fingerprint density at radius 2 is 1.36 bits per heavy atom. The van der Waals surface area contributed by atoms with Gasteiger partial charge in [-0.05, 0) is 18.4 Å². The summed E-state index contributed by atoms with van der Waals surface area (Å²) in [6.45, 7) is 0. The lowest BCUT2D eigenvalue weighted by Gasteiger charge is -2.46. The van der Waals surface area contributed by atoms with Gasteiger partial charge in [0.05, 0.1) is 0 Å². The lowest BCUT2D eigenvalue weighted by Crippen LogP contribution is -2.50. The van der Waals surface area contributed by atoms with Crippen LogP contribution in [0.4, 0.5) is 0 Å². The highest BCUT2D eigenvalue weighted by Gasteiger charge is 2.49. The first-order valence-corrected chi connectivity index (χ1v) is 8.06. The van der Waals surface area contributed by atoms with Crippen LogP contribution in [0.15, 0.2) is 54.6 Å². The maximum absolute atomic E-state index is 6.63. The summed E-state index contributed by atoms with van der Waals surface area (Å²) in [6, 6.07) is 18.2. The maximum Gasteiger partial charge on any atom is 0.203 e. The molecule has 1 aliphatic carbocycles. The Labute approximate surface area is 131 Å². The summed E-state index contributed by atoms with van der Waals surface area (Å²) >= 11 is 0. The first-order chi connectivity index (χ1) is 10.7. The number of hydrogen-bond donors (Lipinski definition) is 1. The van der Waals surface area contributed by atoms with Crippen LogP contribution in [0.1, 0.15) is 48.8 Å². The average Bonchev–Trinajstić information content (AvgIpc) is 2.61. The van der Waals surface area contributed by atoms with E-state index in [2.05, 4.69) is 18.2 Å². The van der Waals surface area contributed by atoms with Crippen molar-refractivity contribution in [1.29, 1.82) is 0 Å². The number of fused-ring (bicyclic) bond motifs is 2. The van der Waals surface area contributed by atoms with Gasteiger partial charge in [-0.1, -0.05) is 73.9 Å². The topological polar surface area (TPSA) is 44.5 Å². The molecule has 2 aromatic carbocycles. The van der Waals surface area contributed by atoms with Crippen LogP contribution in [0.25, 0.3) is 0 Å². The molecule has 1 saturated carbocycles. The molecule has 0 aromatic heterocycles. The number of benzene rings is 2. The van der Waals surface area contributed by atoms with Gasteiger partial charge in [0.15, 0.2) is 0 Å². The average molecular weight is 295 g/mol. The molecular formula is C19H21NO2. The summed E-state index contributed by atoms with van der Waals surface area (Å²) in [5.41, 5.74) is 8.39. The fourth-order valence-electron chi connectivity index (χ4n) is 3.80. The van der Waals surface area contributed by atoms with E-state index in [1.165, 1.54) is 24.8 Å². The summed E-state index contributed by atoms with van der Waals surface area (Å²) in [5, 5.41) is 0. The van der Waals surface area contributed by atoms with Gasteiger partial charge in [-0.2, -0.15) is 0 Å². The Morgan fingerprint density at radius 3 is 2.09 bits per heavy atom. The van der Waals surface area contributed by atoms with Crippen molar-refractivity contribution in [3.63, 3.8) is 0 Å². The predicted octanol–water partition coefficient (Wildman–Crippen LogP) is 3.97. The molecule has 0 radical (unpaired) electrons. The van der Waals surface area contributed by atoms with Crippen LogP contribution in [0.2, 0.25) is 0 Å². The first kappa shape index (κ1) is 13.9. The summed E-state index contributed by atoms with van der Waals surface area (Å²) in [6.07, 6.45) is 5.59. The normalized spacial score (nSPS) is 26.6. The number of rotatable bonds is 1. The van der Waals surface area contributed by atoms with Gasteiger partial charge in [0, 0.05) is 11.1 Å². The van der Waals surface area contributed by atoms with Crippen LogP contribution in [0.5, 0.6) is 0 Å². The lowest BCUT2D eigenvalue weighted by molar-refractivity contribution is -0.431. The fourth-order valence-corrected chi connectivity index (χ4v) is 3.80. The molecule has 114 valence electrons. The van der Waals surface area contributed by atoms with Crippen molar-refractivity contribution in [1.82, 2.24) is 0 Å². The SMILES string of the molecule is NC1(c2ccccc2)OOC2(CCCCC2)c2ccccc21. The van der Waals surface area contributed by atoms with Crippen molar-refractivity contribution < 1.29 is 9.78 Å². The molecule has 0 saturated heterocycles. The highest BCUT2D eigenvalue weighted by Crippen LogP contribution is 2.49. The largest absolute Gasteiger partial charge is 0.293 e. The van der Waals surface area contributed by atoms with E-state index in [0.29, 0.717) is 0 Å². The van der Waals surface area contributed by atoms with E-state index in [1.54, 1.807) is 0 Å². The Morgan fingerprint density at radius 1 is 0.727 bits per heavy atom. The third-order valence-electron chi connectivity index (χ3n) is 5.01. The molecule has 4 rings (SSSR count). The molecule has 1 spiro atoms. The number of hydrogen-bond acceptors (Lipinski definition) is 3. The monoisotopic (exact) mass is 295 g/mol. The van der Waals surface area contributed by atoms with Gasteiger partial charge in [-0.3, -0.25) is 5.73 Å². The van der Waals surface area contributed by atoms with Gasteiger partial charge in [-0.25, -0.2) is 9.78 Å². The van der Waals surface area contributed by atoms with E-state index >= 15 is 0 Å². The van der Waals surface area contributed by atoms with Crippen molar-refractivity contribution in [3.05, 3.63) is 71.3 Å². The van der Waals surface area contributed by atoms with Gasteiger partial charge in [0.2, 0.25) is 5.72 Å². The van der Waals surface area contributed by atoms with Gasteiger partial charge < -0.3 is 0 Å². The van der Waals surface area contributed by atoms with Gasteiger partial charge in [0.25, 0.3) is 0 Å². The van der Waals surface area contributed by atoms with Gasteiger partial charge >= 0.3 is 0 Å². The minimum atomic E-state index is -1.04. The smallest absolute Gasteiger partial charge is 0.203 e. The standard InChI is InChI=1S/C19H21NO2/c20-19(15-9-3-1-4-10-15)17-12-6-5-11-16(17)18(21-22-19)13-7-2-8-14-18/h1,3-6,9-12H,2,7-8,13-14,20H2. The van der Waals surface area contributed by atoms with E-state index in [1.807, 2.05) is 36.4 Å². The predicted molar refractivity (Wildman–Crippen MR) is 84.8 cm³/mol.